The Kier molecular flexibility index (Phi) is 6.11. The Morgan fingerprint density at radius 2 is 1.91 bits per heavy atom. The number of fused-ring (bicyclic) bond motifs is 1. The summed E-state index contributed by atoms with van der Waals surface area (Å²) in [7, 11) is 0. The van der Waals surface area contributed by atoms with Gasteiger partial charge >= 0.3 is 0 Å². The Labute approximate surface area is 201 Å². The Morgan fingerprint density at radius 3 is 2.68 bits per heavy atom. The van der Waals surface area contributed by atoms with E-state index in [4.69, 9.17) is 4.42 Å². The van der Waals surface area contributed by atoms with E-state index in [1.54, 1.807) is 11.0 Å². The fourth-order valence-electron chi connectivity index (χ4n) is 3.97. The lowest BCUT2D eigenvalue weighted by Gasteiger charge is -2.36. The smallest absolute Gasteiger partial charge is 0.264 e. The molecule has 170 valence electrons. The molecule has 1 amide bonds. The highest BCUT2D eigenvalue weighted by atomic mass is 32.2. The molecule has 2 aromatic carbocycles. The van der Waals surface area contributed by atoms with Gasteiger partial charge in [0.1, 0.15) is 17.4 Å². The van der Waals surface area contributed by atoms with Crippen molar-refractivity contribution in [3.05, 3.63) is 77.6 Å². The van der Waals surface area contributed by atoms with E-state index in [-0.39, 0.29) is 11.5 Å². The molecule has 1 fully saturated rings. The topological polar surface area (TPSA) is 89.2 Å². The van der Waals surface area contributed by atoms with Gasteiger partial charge in [0.2, 0.25) is 0 Å². The summed E-state index contributed by atoms with van der Waals surface area (Å²) in [4.78, 5) is 24.8. The van der Waals surface area contributed by atoms with Crippen molar-refractivity contribution >= 4 is 40.5 Å². The lowest BCUT2D eigenvalue weighted by molar-refractivity contribution is -0.126. The third kappa shape index (κ3) is 4.70. The first-order valence-corrected chi connectivity index (χ1v) is 11.9. The van der Waals surface area contributed by atoms with Crippen LogP contribution in [0.15, 0.2) is 80.9 Å². The number of amides is 1. The fraction of sp³-hybridized carbons (Fsp3) is 0.192. The van der Waals surface area contributed by atoms with Gasteiger partial charge in [-0.15, -0.1) is 0 Å². The maximum atomic E-state index is 13.0. The summed E-state index contributed by atoms with van der Waals surface area (Å²) in [5.41, 5.74) is 4.24. The lowest BCUT2D eigenvalue weighted by Crippen LogP contribution is -2.49. The van der Waals surface area contributed by atoms with Gasteiger partial charge in [0, 0.05) is 37.9 Å². The summed E-state index contributed by atoms with van der Waals surface area (Å²) >= 11 is 1.36. The summed E-state index contributed by atoms with van der Waals surface area (Å²) in [5, 5.41) is 11.0. The second kappa shape index (κ2) is 9.49. The third-order valence-corrected chi connectivity index (χ3v) is 6.55. The number of para-hydroxylation sites is 1. The minimum Gasteiger partial charge on any atom is -0.450 e. The van der Waals surface area contributed by atoms with Crippen LogP contribution in [-0.2, 0) is 4.79 Å². The van der Waals surface area contributed by atoms with Crippen molar-refractivity contribution in [1.82, 2.24) is 14.9 Å². The highest BCUT2D eigenvalue weighted by Gasteiger charge is 2.24. The number of rotatable bonds is 5. The first kappa shape index (κ1) is 21.9. The van der Waals surface area contributed by atoms with Gasteiger partial charge in [-0.1, -0.05) is 24.3 Å². The number of aromatic nitrogens is 2. The van der Waals surface area contributed by atoms with Gasteiger partial charge in [-0.2, -0.15) is 5.26 Å². The first-order chi connectivity index (χ1) is 16.6. The molecule has 34 heavy (non-hydrogen) atoms. The molecule has 0 spiro atoms. The zero-order valence-corrected chi connectivity index (χ0v) is 19.5. The number of imidazole rings is 1. The van der Waals surface area contributed by atoms with Gasteiger partial charge in [0.25, 0.3) is 5.91 Å². The molecule has 1 aliphatic rings. The van der Waals surface area contributed by atoms with E-state index < -0.39 is 0 Å². The van der Waals surface area contributed by atoms with Crippen LogP contribution in [0.5, 0.6) is 0 Å². The minimum absolute atomic E-state index is 0.0678. The van der Waals surface area contributed by atoms with E-state index in [0.29, 0.717) is 23.9 Å². The SMILES string of the molecule is Cc1ccc2nc(Sc3ccc(/C=C(/C#N)C(=O)N4CCN(c5ccccc5)CC4)o3)[nH]c2c1. The predicted molar refractivity (Wildman–Crippen MR) is 132 cm³/mol. The normalized spacial score (nSPS) is 14.4. The first-order valence-electron chi connectivity index (χ1n) is 11.0. The number of aryl methyl sites for hydroxylation is 1. The molecule has 0 atom stereocenters. The molecule has 0 bridgehead atoms. The maximum Gasteiger partial charge on any atom is 0.264 e. The molecule has 0 aliphatic carbocycles. The number of nitriles is 1. The van der Waals surface area contributed by atoms with Crippen molar-refractivity contribution in [2.24, 2.45) is 0 Å². The van der Waals surface area contributed by atoms with Crippen LogP contribution in [0, 0.1) is 18.3 Å². The Morgan fingerprint density at radius 1 is 1.12 bits per heavy atom. The van der Waals surface area contributed by atoms with E-state index in [1.165, 1.54) is 17.8 Å². The van der Waals surface area contributed by atoms with Crippen molar-refractivity contribution in [3.8, 4) is 6.07 Å². The molecule has 0 unspecified atom stereocenters. The van der Waals surface area contributed by atoms with E-state index in [1.807, 2.05) is 55.5 Å². The quantitative estimate of drug-likeness (QED) is 0.331. The third-order valence-electron chi connectivity index (χ3n) is 5.74. The standard InChI is InChI=1S/C26H23N5O2S/c1-18-7-9-22-23(15-18)29-26(28-22)34-24-10-8-21(33-24)16-19(17-27)25(32)31-13-11-30(12-14-31)20-5-3-2-4-6-20/h2-10,15-16H,11-14H2,1H3,(H,28,29)/b19-16-. The van der Waals surface area contributed by atoms with Crippen molar-refractivity contribution in [1.29, 1.82) is 5.26 Å². The predicted octanol–water partition coefficient (Wildman–Crippen LogP) is 4.87. The zero-order valence-electron chi connectivity index (χ0n) is 18.7. The van der Waals surface area contributed by atoms with Crippen LogP contribution in [0.25, 0.3) is 17.1 Å². The fourth-order valence-corrected chi connectivity index (χ4v) is 4.74. The molecular weight excluding hydrogens is 446 g/mol. The number of carbonyl (C=O) groups excluding carboxylic acids is 1. The molecule has 7 nitrogen and oxygen atoms in total. The van der Waals surface area contributed by atoms with Crippen molar-refractivity contribution in [2.45, 2.75) is 17.2 Å². The van der Waals surface area contributed by atoms with Crippen molar-refractivity contribution in [2.75, 3.05) is 31.1 Å². The molecule has 0 radical (unpaired) electrons. The maximum absolute atomic E-state index is 13.0. The number of nitrogens with one attached hydrogen (secondary N) is 1. The van der Waals surface area contributed by atoms with Crippen LogP contribution in [0.4, 0.5) is 5.69 Å². The Bertz CT molecular complexity index is 1390. The molecule has 4 aromatic rings. The monoisotopic (exact) mass is 469 g/mol. The molecule has 8 heteroatoms. The Balaban J connectivity index is 1.24. The van der Waals surface area contributed by atoms with Crippen molar-refractivity contribution in [3.63, 3.8) is 0 Å². The molecule has 5 rings (SSSR count). The number of H-pyrrole nitrogens is 1. The van der Waals surface area contributed by atoms with E-state index >= 15 is 0 Å². The molecule has 1 aliphatic heterocycles. The molecule has 0 saturated carbocycles. The molecule has 1 saturated heterocycles. The summed E-state index contributed by atoms with van der Waals surface area (Å²) in [6.07, 6.45) is 1.51. The van der Waals surface area contributed by atoms with Gasteiger partial charge in [0.05, 0.1) is 11.0 Å². The second-order valence-corrected chi connectivity index (χ2v) is 9.10. The molecular formula is C26H23N5O2S. The average Bonchev–Trinajstić information content (AvgIpc) is 3.48. The highest BCUT2D eigenvalue weighted by Crippen LogP contribution is 2.30. The van der Waals surface area contributed by atoms with E-state index in [9.17, 15) is 10.1 Å². The van der Waals surface area contributed by atoms with Crippen LogP contribution in [0.2, 0.25) is 0 Å². The van der Waals surface area contributed by atoms with E-state index in [2.05, 4.69) is 27.0 Å². The highest BCUT2D eigenvalue weighted by molar-refractivity contribution is 7.99. The number of carbonyl (C=O) groups is 1. The largest absolute Gasteiger partial charge is 0.450 e. The zero-order chi connectivity index (χ0) is 23.5. The number of hydrogen-bond acceptors (Lipinski definition) is 6. The number of hydrogen-bond donors (Lipinski definition) is 1. The van der Waals surface area contributed by atoms with Gasteiger partial charge in [-0.05, 0) is 60.6 Å². The number of aromatic amines is 1. The average molecular weight is 470 g/mol. The molecule has 2 aromatic heterocycles. The van der Waals surface area contributed by atoms with Crippen LogP contribution in [-0.4, -0.2) is 47.0 Å². The van der Waals surface area contributed by atoms with Crippen LogP contribution >= 0.6 is 11.8 Å². The minimum atomic E-state index is -0.270. The Hall–Kier alpha value is -3.96. The number of piperazine rings is 1. The summed E-state index contributed by atoms with van der Waals surface area (Å²) in [5.74, 6) is 0.191. The number of anilines is 1. The van der Waals surface area contributed by atoms with E-state index in [0.717, 1.165) is 40.5 Å². The van der Waals surface area contributed by atoms with Gasteiger partial charge < -0.3 is 19.2 Å². The van der Waals surface area contributed by atoms with Gasteiger partial charge in [-0.3, -0.25) is 4.79 Å². The lowest BCUT2D eigenvalue weighted by atomic mass is 10.2. The van der Waals surface area contributed by atoms with Crippen LogP contribution in [0.1, 0.15) is 11.3 Å². The van der Waals surface area contributed by atoms with Crippen LogP contribution in [0.3, 0.4) is 0 Å². The number of benzene rings is 2. The summed E-state index contributed by atoms with van der Waals surface area (Å²) < 4.78 is 5.85. The van der Waals surface area contributed by atoms with Gasteiger partial charge in [-0.25, -0.2) is 4.98 Å². The second-order valence-electron chi connectivity index (χ2n) is 8.11. The molecule has 1 N–H and O–H groups in total. The van der Waals surface area contributed by atoms with Crippen molar-refractivity contribution < 1.29 is 9.21 Å². The summed E-state index contributed by atoms with van der Waals surface area (Å²) in [6, 6.07) is 21.8. The van der Waals surface area contributed by atoms with Gasteiger partial charge in [0.15, 0.2) is 10.2 Å². The molecule has 3 heterocycles. The number of furan rings is 1. The summed E-state index contributed by atoms with van der Waals surface area (Å²) in [6.45, 7) is 4.63. The number of nitrogens with zero attached hydrogens (tertiary/aromatic N) is 4. The van der Waals surface area contributed by atoms with Crippen LogP contribution < -0.4 is 4.90 Å².